The average Bonchev–Trinajstić information content (AvgIpc) is 3.08. The number of fused-ring (bicyclic) bond motifs is 2. The van der Waals surface area contributed by atoms with Gasteiger partial charge in [-0.25, -0.2) is 14.8 Å². The van der Waals surface area contributed by atoms with Crippen molar-refractivity contribution in [3.8, 4) is 5.69 Å². The molecule has 2 N–H and O–H groups in total. The molecule has 0 saturated carbocycles. The number of rotatable bonds is 7. The molecule has 0 unspecified atom stereocenters. The first kappa shape index (κ1) is 21.6. The van der Waals surface area contributed by atoms with Gasteiger partial charge >= 0.3 is 5.97 Å². The molecule has 2 aromatic carbocycles. The number of para-hydroxylation sites is 2. The van der Waals surface area contributed by atoms with Crippen molar-refractivity contribution in [2.45, 2.75) is 27.7 Å². The molecule has 0 bridgehead atoms. The topological polar surface area (TPSA) is 86.3 Å². The molecule has 0 saturated heterocycles. The van der Waals surface area contributed by atoms with Crippen LogP contribution < -0.4 is 10.6 Å². The Kier molecular flexibility index (Phi) is 5.99. The molecule has 0 aliphatic rings. The van der Waals surface area contributed by atoms with Crippen molar-refractivity contribution < 1.29 is 9.53 Å². The zero-order chi connectivity index (χ0) is 22.8. The van der Waals surface area contributed by atoms with Gasteiger partial charge in [0.1, 0.15) is 16.9 Å². The Morgan fingerprint density at radius 2 is 1.66 bits per heavy atom. The predicted octanol–water partition coefficient (Wildman–Crippen LogP) is 4.81. The first-order valence-electron chi connectivity index (χ1n) is 11.0. The van der Waals surface area contributed by atoms with Crippen molar-refractivity contribution in [1.82, 2.24) is 14.5 Å². The standard InChI is InChI=1S/C25H29N5O2/c1-5-29(6-2)17-11-13-18(14-12-17)30-23(26)21(25(31)32-15-16(3)4)22-24(30)28-20-10-8-7-9-19(20)27-22/h7-14,16H,5-6,15,26H2,1-4H3. The van der Waals surface area contributed by atoms with Crippen molar-refractivity contribution in [3.05, 3.63) is 54.1 Å². The van der Waals surface area contributed by atoms with Gasteiger partial charge in [-0.05, 0) is 56.2 Å². The van der Waals surface area contributed by atoms with Gasteiger partial charge in [-0.15, -0.1) is 0 Å². The Morgan fingerprint density at radius 3 is 2.25 bits per heavy atom. The summed E-state index contributed by atoms with van der Waals surface area (Å²) in [7, 11) is 0. The molecular formula is C25H29N5O2. The van der Waals surface area contributed by atoms with E-state index >= 15 is 0 Å². The molecule has 32 heavy (non-hydrogen) atoms. The van der Waals surface area contributed by atoms with Gasteiger partial charge in [0.25, 0.3) is 0 Å². The van der Waals surface area contributed by atoms with Gasteiger partial charge in [0, 0.05) is 24.5 Å². The molecule has 166 valence electrons. The lowest BCUT2D eigenvalue weighted by Gasteiger charge is -2.21. The minimum absolute atomic E-state index is 0.216. The number of ether oxygens (including phenoxy) is 1. The predicted molar refractivity (Wildman–Crippen MR) is 129 cm³/mol. The number of carbonyl (C=O) groups excluding carboxylic acids is 1. The van der Waals surface area contributed by atoms with E-state index in [-0.39, 0.29) is 17.3 Å². The van der Waals surface area contributed by atoms with Crippen molar-refractivity contribution in [3.63, 3.8) is 0 Å². The molecule has 0 atom stereocenters. The summed E-state index contributed by atoms with van der Waals surface area (Å²) in [5.41, 5.74) is 11.2. The Labute approximate surface area is 187 Å². The molecule has 0 aliphatic heterocycles. The van der Waals surface area contributed by atoms with E-state index in [2.05, 4.69) is 30.9 Å². The molecule has 7 nitrogen and oxygen atoms in total. The van der Waals surface area contributed by atoms with Crippen LogP contribution in [0.1, 0.15) is 38.1 Å². The van der Waals surface area contributed by atoms with Gasteiger partial charge in [-0.1, -0.05) is 26.0 Å². The molecular weight excluding hydrogens is 402 g/mol. The number of carbonyl (C=O) groups is 1. The number of hydrogen-bond acceptors (Lipinski definition) is 6. The summed E-state index contributed by atoms with van der Waals surface area (Å²) in [6, 6.07) is 15.7. The zero-order valence-corrected chi connectivity index (χ0v) is 19.0. The lowest BCUT2D eigenvalue weighted by Crippen LogP contribution is -2.21. The van der Waals surface area contributed by atoms with Gasteiger partial charge < -0.3 is 15.4 Å². The van der Waals surface area contributed by atoms with E-state index in [0.717, 1.165) is 30.0 Å². The number of esters is 1. The second-order valence-electron chi connectivity index (χ2n) is 8.16. The first-order valence-corrected chi connectivity index (χ1v) is 11.0. The summed E-state index contributed by atoms with van der Waals surface area (Å²) >= 11 is 0. The van der Waals surface area contributed by atoms with Crippen molar-refractivity contribution in [1.29, 1.82) is 0 Å². The van der Waals surface area contributed by atoms with Crippen LogP contribution in [0.2, 0.25) is 0 Å². The number of aromatic nitrogens is 3. The van der Waals surface area contributed by atoms with Crippen LogP contribution in [0.4, 0.5) is 11.5 Å². The first-order chi connectivity index (χ1) is 15.4. The monoisotopic (exact) mass is 431 g/mol. The van der Waals surface area contributed by atoms with Crippen LogP contribution in [0.5, 0.6) is 0 Å². The van der Waals surface area contributed by atoms with E-state index in [1.807, 2.05) is 50.2 Å². The van der Waals surface area contributed by atoms with Crippen LogP contribution in [0.25, 0.3) is 27.9 Å². The minimum atomic E-state index is -0.482. The SMILES string of the molecule is CCN(CC)c1ccc(-n2c(N)c(C(=O)OCC(C)C)c3nc4ccccc4nc32)cc1. The van der Waals surface area contributed by atoms with E-state index in [0.29, 0.717) is 23.3 Å². The van der Waals surface area contributed by atoms with E-state index in [1.54, 1.807) is 4.57 Å². The molecule has 2 heterocycles. The van der Waals surface area contributed by atoms with Gasteiger partial charge in [-0.3, -0.25) is 4.57 Å². The molecule has 0 fully saturated rings. The lowest BCUT2D eigenvalue weighted by atomic mass is 10.2. The van der Waals surface area contributed by atoms with E-state index in [1.165, 1.54) is 0 Å². The fraction of sp³-hybridized carbons (Fsp3) is 0.320. The number of nitrogen functional groups attached to an aromatic ring is 1. The average molecular weight is 432 g/mol. The highest BCUT2D eigenvalue weighted by Crippen LogP contribution is 2.32. The maximum absolute atomic E-state index is 13.0. The zero-order valence-electron chi connectivity index (χ0n) is 19.0. The van der Waals surface area contributed by atoms with E-state index in [4.69, 9.17) is 20.4 Å². The van der Waals surface area contributed by atoms with Crippen LogP contribution in [-0.4, -0.2) is 40.2 Å². The molecule has 0 spiro atoms. The lowest BCUT2D eigenvalue weighted by molar-refractivity contribution is 0.0462. The van der Waals surface area contributed by atoms with Gasteiger partial charge in [0.05, 0.1) is 17.6 Å². The Bertz CT molecular complexity index is 1260. The molecule has 7 heteroatoms. The molecule has 4 rings (SSSR count). The minimum Gasteiger partial charge on any atom is -0.462 e. The van der Waals surface area contributed by atoms with Crippen molar-refractivity contribution in [2.24, 2.45) is 5.92 Å². The fourth-order valence-electron chi connectivity index (χ4n) is 3.84. The molecule has 4 aromatic rings. The summed E-state index contributed by atoms with van der Waals surface area (Å²) in [5, 5.41) is 0. The summed E-state index contributed by atoms with van der Waals surface area (Å²) in [4.78, 5) is 24.8. The highest BCUT2D eigenvalue weighted by Gasteiger charge is 2.26. The third kappa shape index (κ3) is 3.86. The summed E-state index contributed by atoms with van der Waals surface area (Å²) in [5.74, 6) is 0.0111. The van der Waals surface area contributed by atoms with Crippen molar-refractivity contribution in [2.75, 3.05) is 30.3 Å². The van der Waals surface area contributed by atoms with Gasteiger partial charge in [0.2, 0.25) is 0 Å². The number of anilines is 2. The van der Waals surface area contributed by atoms with Gasteiger partial charge in [0.15, 0.2) is 5.65 Å². The van der Waals surface area contributed by atoms with Gasteiger partial charge in [-0.2, -0.15) is 0 Å². The quantitative estimate of drug-likeness (QED) is 0.423. The smallest absolute Gasteiger partial charge is 0.344 e. The number of nitrogens with two attached hydrogens (primary N) is 1. The summed E-state index contributed by atoms with van der Waals surface area (Å²) < 4.78 is 7.30. The second kappa shape index (κ2) is 8.86. The molecule has 0 amide bonds. The highest BCUT2D eigenvalue weighted by atomic mass is 16.5. The second-order valence-corrected chi connectivity index (χ2v) is 8.16. The van der Waals surface area contributed by atoms with Crippen LogP contribution in [0, 0.1) is 5.92 Å². The maximum Gasteiger partial charge on any atom is 0.344 e. The fourth-order valence-corrected chi connectivity index (χ4v) is 3.84. The maximum atomic E-state index is 13.0. The normalized spacial score (nSPS) is 11.4. The Balaban J connectivity index is 1.90. The third-order valence-electron chi connectivity index (χ3n) is 5.49. The van der Waals surface area contributed by atoms with Crippen LogP contribution in [0.15, 0.2) is 48.5 Å². The number of benzene rings is 2. The molecule has 0 aliphatic carbocycles. The van der Waals surface area contributed by atoms with Crippen molar-refractivity contribution >= 4 is 39.7 Å². The highest BCUT2D eigenvalue weighted by molar-refractivity contribution is 6.09. The van der Waals surface area contributed by atoms with Crippen LogP contribution >= 0.6 is 0 Å². The number of hydrogen-bond donors (Lipinski definition) is 1. The number of nitrogens with zero attached hydrogens (tertiary/aromatic N) is 4. The molecule has 0 radical (unpaired) electrons. The molecule has 2 aromatic heterocycles. The largest absolute Gasteiger partial charge is 0.462 e. The summed E-state index contributed by atoms with van der Waals surface area (Å²) in [6.07, 6.45) is 0. The van der Waals surface area contributed by atoms with Crippen LogP contribution in [0.3, 0.4) is 0 Å². The van der Waals surface area contributed by atoms with E-state index < -0.39 is 5.97 Å². The summed E-state index contributed by atoms with van der Waals surface area (Å²) in [6.45, 7) is 10.4. The Hall–Kier alpha value is -3.61. The van der Waals surface area contributed by atoms with E-state index in [9.17, 15) is 4.79 Å². The Morgan fingerprint density at radius 1 is 1.03 bits per heavy atom. The third-order valence-corrected chi connectivity index (χ3v) is 5.49. The van der Waals surface area contributed by atoms with Crippen LogP contribution in [-0.2, 0) is 4.74 Å².